The Morgan fingerprint density at radius 2 is 1.85 bits per heavy atom. The third-order valence-corrected chi connectivity index (χ3v) is 7.48. The molecule has 0 aliphatic carbocycles. The summed E-state index contributed by atoms with van der Waals surface area (Å²) < 4.78 is 8.00. The number of hydrogen-bond acceptors (Lipinski definition) is 6. The summed E-state index contributed by atoms with van der Waals surface area (Å²) in [6.45, 7) is 9.29. The second-order valence-corrected chi connectivity index (χ2v) is 9.52. The number of imidazole rings is 1. The minimum atomic E-state index is 0.117. The van der Waals surface area contributed by atoms with E-state index >= 15 is 0 Å². The third-order valence-electron chi connectivity index (χ3n) is 7.48. The monoisotopic (exact) mass is 460 g/mol. The Labute approximate surface area is 199 Å². The van der Waals surface area contributed by atoms with E-state index < -0.39 is 0 Å². The van der Waals surface area contributed by atoms with Crippen molar-refractivity contribution in [2.24, 2.45) is 0 Å². The van der Waals surface area contributed by atoms with E-state index in [2.05, 4.69) is 45.1 Å². The Balaban J connectivity index is 1.45. The zero-order valence-corrected chi connectivity index (χ0v) is 19.8. The van der Waals surface area contributed by atoms with Crippen molar-refractivity contribution >= 4 is 22.6 Å². The second-order valence-electron chi connectivity index (χ2n) is 9.52. The maximum atomic E-state index is 12.2. The summed E-state index contributed by atoms with van der Waals surface area (Å²) in [5.41, 5.74) is 4.22. The van der Waals surface area contributed by atoms with Gasteiger partial charge in [0.2, 0.25) is 5.91 Å². The van der Waals surface area contributed by atoms with Gasteiger partial charge in [-0.2, -0.15) is 0 Å². The van der Waals surface area contributed by atoms with Crippen LogP contribution in [0.1, 0.15) is 37.2 Å². The van der Waals surface area contributed by atoms with E-state index in [-0.39, 0.29) is 5.91 Å². The van der Waals surface area contributed by atoms with Crippen molar-refractivity contribution in [1.29, 1.82) is 0 Å². The summed E-state index contributed by atoms with van der Waals surface area (Å²) in [6.07, 6.45) is 1.99. The van der Waals surface area contributed by atoms with Crippen LogP contribution in [0.2, 0.25) is 0 Å². The number of anilines is 1. The molecule has 1 N–H and O–H groups in total. The van der Waals surface area contributed by atoms with E-state index in [0.29, 0.717) is 12.5 Å². The minimum Gasteiger partial charge on any atom is -0.381 e. The largest absolute Gasteiger partial charge is 0.381 e. The molecule has 1 aromatic carbocycles. The number of amides is 1. The highest BCUT2D eigenvalue weighted by atomic mass is 16.5. The van der Waals surface area contributed by atoms with Gasteiger partial charge in [0.05, 0.1) is 23.4 Å². The molecule has 0 unspecified atom stereocenters. The molecule has 3 aliphatic rings. The van der Waals surface area contributed by atoms with Gasteiger partial charge in [0.25, 0.3) is 0 Å². The Kier molecular flexibility index (Phi) is 5.71. The van der Waals surface area contributed by atoms with Crippen LogP contribution >= 0.6 is 0 Å². The Hall–Kier alpha value is -2.97. The van der Waals surface area contributed by atoms with Crippen molar-refractivity contribution in [1.82, 2.24) is 24.8 Å². The molecule has 178 valence electrons. The van der Waals surface area contributed by atoms with Gasteiger partial charge in [0, 0.05) is 76.3 Å². The molecule has 2 saturated heterocycles. The van der Waals surface area contributed by atoms with Crippen molar-refractivity contribution in [3.63, 3.8) is 0 Å². The highest BCUT2D eigenvalue weighted by Gasteiger charge is 2.30. The average molecular weight is 461 g/mol. The van der Waals surface area contributed by atoms with E-state index in [1.54, 1.807) is 6.92 Å². The van der Waals surface area contributed by atoms with E-state index in [9.17, 15) is 4.79 Å². The molecule has 0 bridgehead atoms. The van der Waals surface area contributed by atoms with Crippen LogP contribution in [-0.2, 0) is 22.6 Å². The first-order valence-corrected chi connectivity index (χ1v) is 12.5. The molecule has 0 atom stereocenters. The molecule has 0 radical (unpaired) electrons. The average Bonchev–Trinajstić information content (AvgIpc) is 3.28. The molecule has 5 heterocycles. The zero-order chi connectivity index (χ0) is 23.1. The van der Waals surface area contributed by atoms with E-state index in [4.69, 9.17) is 14.7 Å². The number of nitrogens with one attached hydrogen (secondary N) is 1. The lowest BCUT2D eigenvalue weighted by molar-refractivity contribution is -0.130. The molecule has 6 rings (SSSR count). The Morgan fingerprint density at radius 1 is 1.03 bits per heavy atom. The third kappa shape index (κ3) is 3.84. The number of piperazine rings is 1. The molecular formula is C26H32N6O2. The number of benzene rings is 1. The van der Waals surface area contributed by atoms with Gasteiger partial charge in [-0.3, -0.25) is 4.79 Å². The fourth-order valence-corrected chi connectivity index (χ4v) is 5.57. The number of pyridine rings is 1. The van der Waals surface area contributed by atoms with Crippen LogP contribution in [0, 0.1) is 0 Å². The summed E-state index contributed by atoms with van der Waals surface area (Å²) >= 11 is 0. The number of carbonyl (C=O) groups is 1. The number of aromatic nitrogens is 3. The van der Waals surface area contributed by atoms with Crippen molar-refractivity contribution in [2.45, 2.75) is 38.8 Å². The van der Waals surface area contributed by atoms with Crippen LogP contribution in [0.3, 0.4) is 0 Å². The summed E-state index contributed by atoms with van der Waals surface area (Å²) in [7, 11) is 0. The summed E-state index contributed by atoms with van der Waals surface area (Å²) in [5.74, 6) is 2.70. The van der Waals surface area contributed by atoms with Gasteiger partial charge >= 0.3 is 0 Å². The molecule has 0 spiro atoms. The zero-order valence-electron chi connectivity index (χ0n) is 19.8. The van der Waals surface area contributed by atoms with Crippen molar-refractivity contribution in [3.8, 4) is 11.3 Å². The van der Waals surface area contributed by atoms with Gasteiger partial charge in [-0.25, -0.2) is 9.97 Å². The fourth-order valence-electron chi connectivity index (χ4n) is 5.57. The Bertz CT molecular complexity index is 1210. The number of hydrogen-bond donors (Lipinski definition) is 1. The predicted molar refractivity (Wildman–Crippen MR) is 132 cm³/mol. The number of nitrogens with zero attached hydrogens (tertiary/aromatic N) is 5. The SMILES string of the molecule is CC(=O)N1CCn2c(C3CCOCC3)nc(-c3cccc4nc(N5CCNCC5)ccc34)c2C1. The van der Waals surface area contributed by atoms with Gasteiger partial charge in [-0.05, 0) is 31.0 Å². The topological polar surface area (TPSA) is 75.5 Å². The lowest BCUT2D eigenvalue weighted by Crippen LogP contribution is -2.43. The maximum absolute atomic E-state index is 12.2. The molecule has 3 aliphatic heterocycles. The van der Waals surface area contributed by atoms with E-state index in [0.717, 1.165) is 105 Å². The molecule has 0 saturated carbocycles. The van der Waals surface area contributed by atoms with E-state index in [1.807, 2.05) is 4.90 Å². The quantitative estimate of drug-likeness (QED) is 0.648. The summed E-state index contributed by atoms with van der Waals surface area (Å²) in [4.78, 5) is 26.8. The minimum absolute atomic E-state index is 0.117. The van der Waals surface area contributed by atoms with Gasteiger partial charge in [-0.1, -0.05) is 12.1 Å². The molecule has 34 heavy (non-hydrogen) atoms. The molecule has 8 heteroatoms. The van der Waals surface area contributed by atoms with Crippen LogP contribution in [0.5, 0.6) is 0 Å². The highest BCUT2D eigenvalue weighted by Crippen LogP contribution is 2.37. The van der Waals surface area contributed by atoms with Crippen LogP contribution < -0.4 is 10.2 Å². The second kappa shape index (κ2) is 9.00. The van der Waals surface area contributed by atoms with Crippen LogP contribution in [-0.4, -0.2) is 71.3 Å². The van der Waals surface area contributed by atoms with E-state index in [1.165, 1.54) is 0 Å². The van der Waals surface area contributed by atoms with Crippen molar-refractivity contribution < 1.29 is 9.53 Å². The predicted octanol–water partition coefficient (Wildman–Crippen LogP) is 2.76. The Morgan fingerprint density at radius 3 is 2.65 bits per heavy atom. The molecule has 3 aromatic rings. The molecular weight excluding hydrogens is 428 g/mol. The lowest BCUT2D eigenvalue weighted by atomic mass is 9.99. The first-order chi connectivity index (χ1) is 16.7. The number of fused-ring (bicyclic) bond motifs is 2. The molecule has 1 amide bonds. The maximum Gasteiger partial charge on any atom is 0.219 e. The number of carbonyl (C=O) groups excluding carboxylic acids is 1. The number of ether oxygens (including phenoxy) is 1. The molecule has 8 nitrogen and oxygen atoms in total. The number of rotatable bonds is 3. The van der Waals surface area contributed by atoms with Crippen LogP contribution in [0.15, 0.2) is 30.3 Å². The normalized spacial score (nSPS) is 19.4. The van der Waals surface area contributed by atoms with Gasteiger partial charge in [-0.15, -0.1) is 0 Å². The summed E-state index contributed by atoms with van der Waals surface area (Å²) in [5, 5.41) is 4.52. The first kappa shape index (κ1) is 21.6. The smallest absolute Gasteiger partial charge is 0.219 e. The highest BCUT2D eigenvalue weighted by molar-refractivity contribution is 5.95. The fraction of sp³-hybridized carbons (Fsp3) is 0.500. The van der Waals surface area contributed by atoms with Gasteiger partial charge < -0.3 is 24.4 Å². The molecule has 2 aromatic heterocycles. The lowest BCUT2D eigenvalue weighted by Gasteiger charge is -2.30. The first-order valence-electron chi connectivity index (χ1n) is 12.5. The van der Waals surface area contributed by atoms with Crippen molar-refractivity contribution in [3.05, 3.63) is 41.9 Å². The van der Waals surface area contributed by atoms with Crippen LogP contribution in [0.4, 0.5) is 5.82 Å². The van der Waals surface area contributed by atoms with Gasteiger partial charge in [0.15, 0.2) is 0 Å². The summed E-state index contributed by atoms with van der Waals surface area (Å²) in [6, 6.07) is 10.7. The van der Waals surface area contributed by atoms with Gasteiger partial charge in [0.1, 0.15) is 11.6 Å². The van der Waals surface area contributed by atoms with Crippen LogP contribution in [0.25, 0.3) is 22.2 Å². The standard InChI is InChI=1S/C26H32N6O2/c1-18(33)31-13-14-32-23(17-31)25(29-26(32)19-7-15-34-16-8-19)21-3-2-4-22-20(21)5-6-24(28-22)30-11-9-27-10-12-30/h2-6,19,27H,7-17H2,1H3. The van der Waals surface area contributed by atoms with Crippen molar-refractivity contribution in [2.75, 3.05) is 50.8 Å². The molecule has 2 fully saturated rings.